The van der Waals surface area contributed by atoms with Gasteiger partial charge in [-0.3, -0.25) is 9.59 Å². The first kappa shape index (κ1) is 25.8. The van der Waals surface area contributed by atoms with Crippen molar-refractivity contribution < 1.29 is 23.5 Å². The number of halogens is 1. The molecule has 10 nitrogen and oxygen atoms in total. The molecule has 0 spiro atoms. The van der Waals surface area contributed by atoms with Crippen LogP contribution in [0.5, 0.6) is 5.75 Å². The molecule has 0 aliphatic carbocycles. The maximum atomic E-state index is 13.7. The number of aromatic amines is 1. The Morgan fingerprint density at radius 2 is 1.70 bits per heavy atom. The number of amides is 2. The summed E-state index contributed by atoms with van der Waals surface area (Å²) in [5, 5.41) is 8.13. The molecule has 11 heteroatoms. The average Bonchev–Trinajstić information content (AvgIpc) is 2.92. The Bertz CT molecular complexity index is 1290. The lowest BCUT2D eigenvalue weighted by Gasteiger charge is -2.34. The van der Waals surface area contributed by atoms with E-state index in [1.165, 1.54) is 6.07 Å². The van der Waals surface area contributed by atoms with E-state index in [0.717, 1.165) is 0 Å². The topological polar surface area (TPSA) is 118 Å². The van der Waals surface area contributed by atoms with Gasteiger partial charge in [0.2, 0.25) is 5.91 Å². The minimum atomic E-state index is -0.412. The van der Waals surface area contributed by atoms with Gasteiger partial charge in [0.1, 0.15) is 23.9 Å². The molecule has 194 valence electrons. The molecule has 1 aromatic heterocycles. The van der Waals surface area contributed by atoms with Crippen LogP contribution in [0.2, 0.25) is 0 Å². The summed E-state index contributed by atoms with van der Waals surface area (Å²) in [5.41, 5.74) is 0.844. The van der Waals surface area contributed by atoms with Gasteiger partial charge in [-0.25, -0.2) is 9.18 Å². The number of ether oxygens (including phenoxy) is 2. The summed E-state index contributed by atoms with van der Waals surface area (Å²) in [7, 11) is 0. The van der Waals surface area contributed by atoms with Gasteiger partial charge in [-0.1, -0.05) is 18.2 Å². The van der Waals surface area contributed by atoms with Crippen LogP contribution in [0.15, 0.2) is 53.3 Å². The van der Waals surface area contributed by atoms with Crippen LogP contribution in [0.3, 0.4) is 0 Å². The number of carbonyl (C=O) groups excluding carboxylic acids is 2. The van der Waals surface area contributed by atoms with Gasteiger partial charge in [0, 0.05) is 50.1 Å². The van der Waals surface area contributed by atoms with Crippen molar-refractivity contribution in [3.05, 3.63) is 76.0 Å². The Balaban J connectivity index is 1.28. The number of aryl methyl sites for hydroxylation is 1. The van der Waals surface area contributed by atoms with Crippen molar-refractivity contribution in [2.75, 3.05) is 32.8 Å². The first-order valence-electron chi connectivity index (χ1n) is 12.1. The molecule has 37 heavy (non-hydrogen) atoms. The fraction of sp³-hybridized carbons (Fsp3) is 0.346. The molecule has 2 amide bonds. The van der Waals surface area contributed by atoms with E-state index in [1.54, 1.807) is 59.2 Å². The monoisotopic (exact) mass is 509 g/mol. The molecule has 4 rings (SSSR count). The first-order chi connectivity index (χ1) is 17.9. The zero-order valence-electron chi connectivity index (χ0n) is 20.5. The van der Waals surface area contributed by atoms with Crippen LogP contribution >= 0.6 is 0 Å². The molecule has 1 aliphatic rings. The number of rotatable bonds is 8. The van der Waals surface area contributed by atoms with Crippen molar-refractivity contribution in [3.8, 4) is 17.1 Å². The normalized spacial score (nSPS) is 13.4. The summed E-state index contributed by atoms with van der Waals surface area (Å²) < 4.78 is 24.4. The minimum absolute atomic E-state index is 0.0944. The standard InChI is InChI=1S/C26H28FN5O5/c1-2-36-26(35)32-15-13-31(14-16-32)23(33)12-11-22-25(34)28-24(30-29-22)18-7-9-20(10-8-18)37-17-19-5-3-4-6-21(19)27/h3-10H,2,11-17H2,1H3,(H,28,30,34). The van der Waals surface area contributed by atoms with Crippen LogP contribution in [-0.4, -0.2) is 69.8 Å². The minimum Gasteiger partial charge on any atom is -0.489 e. The average molecular weight is 510 g/mol. The second-order valence-electron chi connectivity index (χ2n) is 8.42. The van der Waals surface area contributed by atoms with Crippen molar-refractivity contribution in [2.45, 2.75) is 26.4 Å². The summed E-state index contributed by atoms with van der Waals surface area (Å²) in [5.74, 6) is 0.390. The number of hydrogen-bond acceptors (Lipinski definition) is 7. The lowest BCUT2D eigenvalue weighted by Crippen LogP contribution is -2.50. The predicted molar refractivity (Wildman–Crippen MR) is 132 cm³/mol. The summed E-state index contributed by atoms with van der Waals surface area (Å²) in [6.07, 6.45) is -0.103. The first-order valence-corrected chi connectivity index (χ1v) is 12.1. The molecule has 0 bridgehead atoms. The lowest BCUT2D eigenvalue weighted by molar-refractivity contribution is -0.132. The Kier molecular flexibility index (Phi) is 8.44. The van der Waals surface area contributed by atoms with Crippen LogP contribution < -0.4 is 10.3 Å². The molecule has 0 unspecified atom stereocenters. The van der Waals surface area contributed by atoms with Gasteiger partial charge in [0.25, 0.3) is 5.56 Å². The fourth-order valence-electron chi connectivity index (χ4n) is 3.88. The van der Waals surface area contributed by atoms with E-state index in [1.807, 2.05) is 0 Å². The van der Waals surface area contributed by atoms with Gasteiger partial charge in [-0.05, 0) is 37.3 Å². The third-order valence-corrected chi connectivity index (χ3v) is 5.98. The van der Waals surface area contributed by atoms with Gasteiger partial charge in [0.15, 0.2) is 5.82 Å². The van der Waals surface area contributed by atoms with Crippen LogP contribution in [0, 0.1) is 5.82 Å². The highest BCUT2D eigenvalue weighted by Crippen LogP contribution is 2.20. The van der Waals surface area contributed by atoms with E-state index in [0.29, 0.717) is 49.7 Å². The summed E-state index contributed by atoms with van der Waals surface area (Å²) in [6.45, 7) is 3.80. The number of nitrogens with one attached hydrogen (secondary N) is 1. The summed E-state index contributed by atoms with van der Waals surface area (Å²) in [4.78, 5) is 42.8. The Morgan fingerprint density at radius 1 is 1.00 bits per heavy atom. The number of H-pyrrole nitrogens is 1. The van der Waals surface area contributed by atoms with Crippen molar-refractivity contribution in [1.82, 2.24) is 25.0 Å². The van der Waals surface area contributed by atoms with Gasteiger partial charge in [-0.2, -0.15) is 0 Å². The van der Waals surface area contributed by atoms with Crippen LogP contribution in [0.4, 0.5) is 9.18 Å². The maximum absolute atomic E-state index is 13.7. The molecule has 1 saturated heterocycles. The Labute approximate surface area is 213 Å². The molecule has 2 heterocycles. The molecule has 0 atom stereocenters. The van der Waals surface area contributed by atoms with Crippen LogP contribution in [-0.2, 0) is 22.6 Å². The lowest BCUT2D eigenvalue weighted by atomic mass is 10.2. The van der Waals surface area contributed by atoms with Gasteiger partial charge < -0.3 is 24.3 Å². The van der Waals surface area contributed by atoms with Gasteiger partial charge in [0.05, 0.1) is 6.61 Å². The van der Waals surface area contributed by atoms with E-state index in [9.17, 15) is 18.8 Å². The predicted octanol–water partition coefficient (Wildman–Crippen LogP) is 2.78. The number of carbonyl (C=O) groups is 2. The molecule has 2 aromatic carbocycles. The number of piperazine rings is 1. The second kappa shape index (κ2) is 12.1. The molecule has 0 saturated carbocycles. The Hall–Kier alpha value is -4.28. The zero-order chi connectivity index (χ0) is 26.2. The summed E-state index contributed by atoms with van der Waals surface area (Å²) >= 11 is 0. The smallest absolute Gasteiger partial charge is 0.409 e. The van der Waals surface area contributed by atoms with Crippen LogP contribution in [0.1, 0.15) is 24.6 Å². The largest absolute Gasteiger partial charge is 0.489 e. The van der Waals surface area contributed by atoms with Gasteiger partial charge in [-0.15, -0.1) is 10.2 Å². The van der Waals surface area contributed by atoms with Gasteiger partial charge >= 0.3 is 6.09 Å². The van der Waals surface area contributed by atoms with E-state index >= 15 is 0 Å². The van der Waals surface area contributed by atoms with Crippen molar-refractivity contribution in [3.63, 3.8) is 0 Å². The van der Waals surface area contributed by atoms with Crippen molar-refractivity contribution in [1.29, 1.82) is 0 Å². The number of aromatic nitrogens is 3. The molecule has 1 N–H and O–H groups in total. The molecule has 3 aromatic rings. The van der Waals surface area contributed by atoms with Crippen molar-refractivity contribution >= 4 is 12.0 Å². The molecule has 1 fully saturated rings. The van der Waals surface area contributed by atoms with E-state index in [2.05, 4.69) is 15.2 Å². The zero-order valence-corrected chi connectivity index (χ0v) is 20.5. The fourth-order valence-corrected chi connectivity index (χ4v) is 3.88. The number of nitrogens with zero attached hydrogens (tertiary/aromatic N) is 4. The second-order valence-corrected chi connectivity index (χ2v) is 8.42. The van der Waals surface area contributed by atoms with Crippen LogP contribution in [0.25, 0.3) is 11.4 Å². The van der Waals surface area contributed by atoms with E-state index < -0.39 is 5.56 Å². The number of hydrogen-bond donors (Lipinski definition) is 1. The third kappa shape index (κ3) is 6.69. The third-order valence-electron chi connectivity index (χ3n) is 5.98. The van der Waals surface area contributed by atoms with Crippen molar-refractivity contribution in [2.24, 2.45) is 0 Å². The quantitative estimate of drug-likeness (QED) is 0.496. The molecular formula is C26H28FN5O5. The van der Waals surface area contributed by atoms with E-state index in [4.69, 9.17) is 9.47 Å². The SMILES string of the molecule is CCOC(=O)N1CCN(C(=O)CCc2nnc(-c3ccc(OCc4ccccc4F)cc3)[nH]c2=O)CC1. The highest BCUT2D eigenvalue weighted by atomic mass is 19.1. The summed E-state index contributed by atoms with van der Waals surface area (Å²) in [6, 6.07) is 13.2. The highest BCUT2D eigenvalue weighted by molar-refractivity contribution is 5.77. The molecule has 0 radical (unpaired) electrons. The molecule has 1 aliphatic heterocycles. The van der Waals surface area contributed by atoms with E-state index in [-0.39, 0.29) is 48.8 Å². The Morgan fingerprint density at radius 3 is 2.38 bits per heavy atom. The molecular weight excluding hydrogens is 481 g/mol. The highest BCUT2D eigenvalue weighted by Gasteiger charge is 2.25. The number of benzene rings is 2. The maximum Gasteiger partial charge on any atom is 0.409 e.